The van der Waals surface area contributed by atoms with Crippen LogP contribution in [0, 0.1) is 0 Å². The Bertz CT molecular complexity index is 1300. The summed E-state index contributed by atoms with van der Waals surface area (Å²) in [5.74, 6) is -0.112. The zero-order valence-electron chi connectivity index (χ0n) is 35.7. The first-order valence-corrected chi connectivity index (χ1v) is 21.5. The molecule has 0 radical (unpaired) electrons. The number of carbonyl (C=O) groups excluding carboxylic acids is 2. The molecular formula is C45H71NO13. The number of unbranched alkanes of at least 4 members (excludes halogenated alkanes) is 5. The van der Waals surface area contributed by atoms with Gasteiger partial charge in [0.25, 0.3) is 0 Å². The van der Waals surface area contributed by atoms with Crippen LogP contribution in [0.2, 0.25) is 0 Å². The summed E-state index contributed by atoms with van der Waals surface area (Å²) in [5, 5.41) is 0. The predicted molar refractivity (Wildman–Crippen MR) is 224 cm³/mol. The quantitative estimate of drug-likeness (QED) is 0.0550. The number of likely N-dealkylation sites (N-methyl/N-ethyl adjacent to an activating group) is 1. The molecule has 3 rings (SSSR count). The molecule has 0 N–H and O–H groups in total. The Hall–Kier alpha value is -3.18. The smallest absolute Gasteiger partial charge is 0.409 e. The van der Waals surface area contributed by atoms with E-state index in [4.69, 9.17) is 52.1 Å². The second kappa shape index (κ2) is 34.5. The van der Waals surface area contributed by atoms with Crippen LogP contribution in [0.1, 0.15) is 68.9 Å². The first kappa shape index (κ1) is 50.2. The number of nitrogens with zero attached hydrogens (tertiary/aromatic N) is 1. The lowest BCUT2D eigenvalue weighted by atomic mass is 9.98. The monoisotopic (exact) mass is 833 g/mol. The van der Waals surface area contributed by atoms with Crippen molar-refractivity contribution in [1.29, 1.82) is 0 Å². The maximum atomic E-state index is 12.6. The fourth-order valence-corrected chi connectivity index (χ4v) is 6.19. The van der Waals surface area contributed by atoms with Gasteiger partial charge in [-0.15, -0.1) is 0 Å². The number of fused-ring (bicyclic) bond motifs is 3. The Morgan fingerprint density at radius 3 is 1.29 bits per heavy atom. The van der Waals surface area contributed by atoms with E-state index in [1.54, 1.807) is 7.05 Å². The average molecular weight is 834 g/mol. The van der Waals surface area contributed by atoms with Gasteiger partial charge in [0.1, 0.15) is 13.2 Å². The van der Waals surface area contributed by atoms with E-state index >= 15 is 0 Å². The molecule has 0 unspecified atom stereocenters. The number of ether oxygens (including phenoxy) is 11. The van der Waals surface area contributed by atoms with E-state index < -0.39 is 0 Å². The van der Waals surface area contributed by atoms with Crippen molar-refractivity contribution in [2.24, 2.45) is 0 Å². The molecule has 0 fully saturated rings. The van der Waals surface area contributed by atoms with Crippen LogP contribution in [0.3, 0.4) is 0 Å². The van der Waals surface area contributed by atoms with E-state index in [0.29, 0.717) is 138 Å². The third-order valence-electron chi connectivity index (χ3n) is 9.42. The fraction of sp³-hybridized carbons (Fsp3) is 0.689. The lowest BCUT2D eigenvalue weighted by molar-refractivity contribution is -0.145. The van der Waals surface area contributed by atoms with Crippen LogP contribution >= 0.6 is 0 Å². The largest absolute Gasteiger partial charge is 0.463 e. The van der Waals surface area contributed by atoms with Crippen LogP contribution < -0.4 is 0 Å². The summed E-state index contributed by atoms with van der Waals surface area (Å²) in [5.41, 5.74) is 4.79. The number of benzene rings is 2. The van der Waals surface area contributed by atoms with Crippen molar-refractivity contribution in [2.45, 2.75) is 57.8 Å². The molecule has 0 saturated heterocycles. The molecule has 0 bridgehead atoms. The van der Waals surface area contributed by atoms with E-state index in [2.05, 4.69) is 31.2 Å². The fourth-order valence-electron chi connectivity index (χ4n) is 6.19. The second-order valence-corrected chi connectivity index (χ2v) is 14.0. The average Bonchev–Trinajstić information content (AvgIpc) is 3.57. The molecule has 14 heteroatoms. The Morgan fingerprint density at radius 1 is 0.475 bits per heavy atom. The summed E-state index contributed by atoms with van der Waals surface area (Å²) in [6, 6.07) is 16.6. The normalized spacial score (nSPS) is 12.1. The first-order chi connectivity index (χ1) is 29.1. The second-order valence-electron chi connectivity index (χ2n) is 14.0. The summed E-state index contributed by atoms with van der Waals surface area (Å²) < 4.78 is 60.5. The maximum absolute atomic E-state index is 12.6. The summed E-state index contributed by atoms with van der Waals surface area (Å²) in [6.07, 6.45) is 7.02. The van der Waals surface area contributed by atoms with Crippen molar-refractivity contribution in [3.8, 4) is 11.1 Å². The van der Waals surface area contributed by atoms with Crippen molar-refractivity contribution in [1.82, 2.24) is 4.90 Å². The number of hydrogen-bond donors (Lipinski definition) is 0. The molecule has 334 valence electrons. The van der Waals surface area contributed by atoms with Gasteiger partial charge in [-0.05, 0) is 28.7 Å². The molecule has 1 aliphatic rings. The molecule has 0 heterocycles. The molecule has 2 aromatic rings. The third kappa shape index (κ3) is 23.4. The van der Waals surface area contributed by atoms with E-state index in [1.807, 2.05) is 24.3 Å². The number of rotatable bonds is 39. The lowest BCUT2D eigenvalue weighted by Gasteiger charge is -2.19. The van der Waals surface area contributed by atoms with Crippen LogP contribution in [0.5, 0.6) is 0 Å². The van der Waals surface area contributed by atoms with Crippen LogP contribution in [-0.4, -0.2) is 163 Å². The van der Waals surface area contributed by atoms with E-state index in [1.165, 1.54) is 52.8 Å². The van der Waals surface area contributed by atoms with Crippen LogP contribution in [0.4, 0.5) is 4.79 Å². The molecule has 1 aliphatic carbocycles. The van der Waals surface area contributed by atoms with Crippen molar-refractivity contribution in [3.63, 3.8) is 0 Å². The Kier molecular flexibility index (Phi) is 29.4. The summed E-state index contributed by atoms with van der Waals surface area (Å²) in [4.78, 5) is 25.9. The third-order valence-corrected chi connectivity index (χ3v) is 9.42. The van der Waals surface area contributed by atoms with Crippen LogP contribution in [-0.2, 0) is 56.9 Å². The zero-order valence-corrected chi connectivity index (χ0v) is 35.7. The molecule has 0 aliphatic heterocycles. The van der Waals surface area contributed by atoms with Crippen molar-refractivity contribution >= 4 is 12.1 Å². The van der Waals surface area contributed by atoms with Crippen molar-refractivity contribution in [3.05, 3.63) is 59.7 Å². The standard InChI is InChI=1S/C45H71NO13/c1-3-4-5-6-7-8-17-44(47)58-37-36-57-35-34-56-33-32-55-31-30-54-29-28-53-27-26-52-25-24-51-23-22-50-21-20-49-19-18-46(2)45(48)59-38-43-41-15-11-9-13-39(41)40-14-10-12-16-42(40)43/h9-16,43H,3-8,17-38H2,1-2H3. The maximum Gasteiger partial charge on any atom is 0.409 e. The van der Waals surface area contributed by atoms with E-state index in [9.17, 15) is 9.59 Å². The summed E-state index contributed by atoms with van der Waals surface area (Å²) >= 11 is 0. The number of amides is 1. The van der Waals surface area contributed by atoms with Crippen molar-refractivity contribution < 1.29 is 61.7 Å². The van der Waals surface area contributed by atoms with Crippen LogP contribution in [0.15, 0.2) is 48.5 Å². The highest BCUT2D eigenvalue weighted by Crippen LogP contribution is 2.44. The van der Waals surface area contributed by atoms with Gasteiger partial charge < -0.3 is 57.0 Å². The van der Waals surface area contributed by atoms with Gasteiger partial charge in [0.15, 0.2) is 0 Å². The summed E-state index contributed by atoms with van der Waals surface area (Å²) in [7, 11) is 1.71. The Labute approximate surface area is 352 Å². The summed E-state index contributed by atoms with van der Waals surface area (Å²) in [6.45, 7) is 11.5. The molecule has 0 saturated carbocycles. The highest BCUT2D eigenvalue weighted by molar-refractivity contribution is 5.79. The van der Waals surface area contributed by atoms with Gasteiger partial charge in [-0.2, -0.15) is 0 Å². The Morgan fingerprint density at radius 2 is 0.847 bits per heavy atom. The minimum absolute atomic E-state index is 0.0357. The zero-order chi connectivity index (χ0) is 41.9. The molecule has 59 heavy (non-hydrogen) atoms. The van der Waals surface area contributed by atoms with E-state index in [0.717, 1.165) is 12.8 Å². The minimum atomic E-state index is -0.366. The highest BCUT2D eigenvalue weighted by atomic mass is 16.6. The van der Waals surface area contributed by atoms with Gasteiger partial charge >= 0.3 is 12.1 Å². The van der Waals surface area contributed by atoms with Gasteiger partial charge in [-0.3, -0.25) is 4.79 Å². The first-order valence-electron chi connectivity index (χ1n) is 21.5. The lowest BCUT2D eigenvalue weighted by Crippen LogP contribution is -2.32. The van der Waals surface area contributed by atoms with Crippen molar-refractivity contribution in [2.75, 3.05) is 146 Å². The van der Waals surface area contributed by atoms with Gasteiger partial charge in [-0.1, -0.05) is 87.6 Å². The predicted octanol–water partition coefficient (Wildman–Crippen LogP) is 6.31. The SMILES string of the molecule is CCCCCCCCC(=O)OCCOCCOCCOCCOCCOCCOCCOCCOCCOCCN(C)C(=O)OCC1c2ccccc2-c2ccccc21. The highest BCUT2D eigenvalue weighted by Gasteiger charge is 2.29. The minimum Gasteiger partial charge on any atom is -0.463 e. The molecule has 1 amide bonds. The topological polar surface area (TPSA) is 139 Å². The van der Waals surface area contributed by atoms with Gasteiger partial charge in [0.05, 0.1) is 119 Å². The number of hydrogen-bond acceptors (Lipinski definition) is 13. The molecule has 14 nitrogen and oxygen atoms in total. The number of esters is 1. The number of carbonyl (C=O) groups is 2. The van der Waals surface area contributed by atoms with E-state index in [-0.39, 0.29) is 24.6 Å². The molecule has 0 aromatic heterocycles. The molecule has 0 atom stereocenters. The van der Waals surface area contributed by atoms with Crippen LogP contribution in [0.25, 0.3) is 11.1 Å². The molecule has 0 spiro atoms. The molecule has 2 aromatic carbocycles. The van der Waals surface area contributed by atoms with Gasteiger partial charge in [-0.25, -0.2) is 4.79 Å². The van der Waals surface area contributed by atoms with Gasteiger partial charge in [0.2, 0.25) is 0 Å². The molecular weight excluding hydrogens is 762 g/mol. The van der Waals surface area contributed by atoms with Gasteiger partial charge in [0, 0.05) is 25.9 Å². The Balaban J connectivity index is 0.956.